The predicted octanol–water partition coefficient (Wildman–Crippen LogP) is 2.22. The van der Waals surface area contributed by atoms with E-state index in [9.17, 15) is 4.39 Å². The molecule has 0 spiro atoms. The van der Waals surface area contributed by atoms with Crippen molar-refractivity contribution in [3.05, 3.63) is 53.1 Å². The summed E-state index contributed by atoms with van der Waals surface area (Å²) in [5.41, 5.74) is 5.82. The maximum Gasteiger partial charge on any atom is 0.123 e. The Bertz CT molecular complexity index is 601. The Labute approximate surface area is 125 Å². The van der Waals surface area contributed by atoms with E-state index in [0.29, 0.717) is 0 Å². The Morgan fingerprint density at radius 2 is 1.95 bits per heavy atom. The number of halogens is 1. The summed E-state index contributed by atoms with van der Waals surface area (Å²) in [6, 6.07) is 8.67. The number of hydrogen-bond donors (Lipinski definition) is 2. The smallest absolute Gasteiger partial charge is 0.123 e. The minimum Gasteiger partial charge on any atom is -0.272 e. The summed E-state index contributed by atoms with van der Waals surface area (Å²) in [5.74, 6) is 5.55. The zero-order chi connectivity index (χ0) is 15.6. The zero-order valence-corrected chi connectivity index (χ0v) is 13.0. The molecule has 0 bridgehead atoms. The number of hydrazine groups is 1. The van der Waals surface area contributed by atoms with Gasteiger partial charge in [0.25, 0.3) is 0 Å². The van der Waals surface area contributed by atoms with Crippen LogP contribution in [0.1, 0.15) is 30.8 Å². The lowest BCUT2D eigenvalue weighted by atomic mass is 9.76. The molecule has 2 aromatic rings. The van der Waals surface area contributed by atoms with Crippen molar-refractivity contribution in [2.45, 2.75) is 38.6 Å². The first-order valence-electron chi connectivity index (χ1n) is 7.06. The van der Waals surface area contributed by atoms with Crippen LogP contribution in [0.25, 0.3) is 0 Å². The Kier molecular flexibility index (Phi) is 4.44. The van der Waals surface area contributed by atoms with Gasteiger partial charge in [0.05, 0.1) is 5.69 Å². The highest BCUT2D eigenvalue weighted by molar-refractivity contribution is 5.27. The molecule has 0 radical (unpaired) electrons. The summed E-state index contributed by atoms with van der Waals surface area (Å²) in [5, 5.41) is 4.36. The molecule has 0 fully saturated rings. The zero-order valence-electron chi connectivity index (χ0n) is 13.0. The van der Waals surface area contributed by atoms with Crippen molar-refractivity contribution in [1.29, 1.82) is 0 Å². The van der Waals surface area contributed by atoms with E-state index in [4.69, 9.17) is 5.84 Å². The van der Waals surface area contributed by atoms with Gasteiger partial charge in [-0.15, -0.1) is 0 Å². The maximum atomic E-state index is 13.1. The molecule has 1 aromatic heterocycles. The minimum absolute atomic E-state index is 0.0118. The van der Waals surface area contributed by atoms with Gasteiger partial charge in [-0.25, -0.2) is 4.39 Å². The largest absolute Gasteiger partial charge is 0.272 e. The first-order chi connectivity index (χ1) is 9.84. The molecular formula is C16H23FN4. The topological polar surface area (TPSA) is 55.9 Å². The molecule has 0 aliphatic carbocycles. The fourth-order valence-electron chi connectivity index (χ4n) is 2.67. The second kappa shape index (κ2) is 5.95. The van der Waals surface area contributed by atoms with Crippen LogP contribution in [0.5, 0.6) is 0 Å². The van der Waals surface area contributed by atoms with Crippen molar-refractivity contribution in [2.24, 2.45) is 12.9 Å². The van der Waals surface area contributed by atoms with E-state index in [0.717, 1.165) is 23.4 Å². The lowest BCUT2D eigenvalue weighted by molar-refractivity contribution is 0.336. The second-order valence-electron chi connectivity index (χ2n) is 6.05. The lowest BCUT2D eigenvalue weighted by Crippen LogP contribution is -2.49. The van der Waals surface area contributed by atoms with Crippen molar-refractivity contribution in [3.8, 4) is 0 Å². The van der Waals surface area contributed by atoms with Gasteiger partial charge in [0.2, 0.25) is 0 Å². The average Bonchev–Trinajstić information content (AvgIpc) is 2.74. The van der Waals surface area contributed by atoms with E-state index in [-0.39, 0.29) is 17.3 Å². The Balaban J connectivity index is 2.26. The normalized spacial score (nSPS) is 13.4. The van der Waals surface area contributed by atoms with Crippen LogP contribution in [0.4, 0.5) is 4.39 Å². The standard InChI is InChI=1S/C16H23FN4/c1-11-9-14(21(4)20-11)10-15(19-18)16(2,3)12-5-7-13(17)8-6-12/h5-9,15,19H,10,18H2,1-4H3. The third-order valence-corrected chi connectivity index (χ3v) is 4.17. The van der Waals surface area contributed by atoms with E-state index >= 15 is 0 Å². The van der Waals surface area contributed by atoms with Gasteiger partial charge in [-0.1, -0.05) is 26.0 Å². The number of aryl methyl sites for hydroxylation is 2. The fraction of sp³-hybridized carbons (Fsp3) is 0.438. The Morgan fingerprint density at radius 3 is 2.43 bits per heavy atom. The van der Waals surface area contributed by atoms with Gasteiger partial charge >= 0.3 is 0 Å². The van der Waals surface area contributed by atoms with E-state index < -0.39 is 0 Å². The number of hydrogen-bond acceptors (Lipinski definition) is 3. The molecular weight excluding hydrogens is 267 g/mol. The summed E-state index contributed by atoms with van der Waals surface area (Å²) in [7, 11) is 1.93. The molecule has 1 heterocycles. The molecule has 114 valence electrons. The van der Waals surface area contributed by atoms with Crippen LogP contribution >= 0.6 is 0 Å². The van der Waals surface area contributed by atoms with Crippen LogP contribution in [0, 0.1) is 12.7 Å². The van der Waals surface area contributed by atoms with Gasteiger partial charge in [-0.2, -0.15) is 5.10 Å². The highest BCUT2D eigenvalue weighted by Gasteiger charge is 2.31. The number of nitrogens with two attached hydrogens (primary N) is 1. The van der Waals surface area contributed by atoms with Gasteiger partial charge in [0.1, 0.15) is 5.82 Å². The molecule has 3 N–H and O–H groups in total. The predicted molar refractivity (Wildman–Crippen MR) is 82.2 cm³/mol. The molecule has 1 aromatic carbocycles. The summed E-state index contributed by atoms with van der Waals surface area (Å²) < 4.78 is 15.0. The third-order valence-electron chi connectivity index (χ3n) is 4.17. The van der Waals surface area contributed by atoms with Crippen LogP contribution < -0.4 is 11.3 Å². The highest BCUT2D eigenvalue weighted by atomic mass is 19.1. The van der Waals surface area contributed by atoms with E-state index in [2.05, 4.69) is 30.4 Å². The molecule has 2 rings (SSSR count). The molecule has 0 aliphatic rings. The van der Waals surface area contributed by atoms with Gasteiger partial charge < -0.3 is 0 Å². The maximum absolute atomic E-state index is 13.1. The molecule has 0 saturated carbocycles. The molecule has 0 amide bonds. The lowest BCUT2D eigenvalue weighted by Gasteiger charge is -2.34. The molecule has 0 aliphatic heterocycles. The molecule has 5 heteroatoms. The highest BCUT2D eigenvalue weighted by Crippen LogP contribution is 2.29. The quantitative estimate of drug-likeness (QED) is 0.656. The van der Waals surface area contributed by atoms with E-state index in [1.54, 1.807) is 0 Å². The molecule has 1 atom stereocenters. The number of nitrogens with zero attached hydrogens (tertiary/aromatic N) is 2. The third kappa shape index (κ3) is 3.31. The van der Waals surface area contributed by atoms with Gasteiger partial charge in [-0.3, -0.25) is 16.0 Å². The first kappa shape index (κ1) is 15.7. The van der Waals surface area contributed by atoms with Crippen molar-refractivity contribution >= 4 is 0 Å². The number of rotatable bonds is 5. The van der Waals surface area contributed by atoms with E-state index in [1.165, 1.54) is 12.1 Å². The summed E-state index contributed by atoms with van der Waals surface area (Å²) in [6.07, 6.45) is 0.748. The Morgan fingerprint density at radius 1 is 1.33 bits per heavy atom. The molecule has 0 saturated heterocycles. The van der Waals surface area contributed by atoms with E-state index in [1.807, 2.05) is 30.8 Å². The molecule has 4 nitrogen and oxygen atoms in total. The fourth-order valence-corrected chi connectivity index (χ4v) is 2.67. The summed E-state index contributed by atoms with van der Waals surface area (Å²) >= 11 is 0. The van der Waals surface area contributed by atoms with Crippen LogP contribution in [-0.2, 0) is 18.9 Å². The monoisotopic (exact) mass is 290 g/mol. The van der Waals surface area contributed by atoms with Crippen molar-refractivity contribution in [1.82, 2.24) is 15.2 Å². The SMILES string of the molecule is Cc1cc(CC(NN)C(C)(C)c2ccc(F)cc2)n(C)n1. The van der Waals surface area contributed by atoms with Crippen LogP contribution in [0.2, 0.25) is 0 Å². The van der Waals surface area contributed by atoms with Gasteiger partial charge in [0, 0.05) is 30.6 Å². The van der Waals surface area contributed by atoms with Crippen molar-refractivity contribution in [2.75, 3.05) is 0 Å². The van der Waals surface area contributed by atoms with Crippen LogP contribution in [-0.4, -0.2) is 15.8 Å². The first-order valence-corrected chi connectivity index (χ1v) is 7.06. The minimum atomic E-state index is -0.235. The summed E-state index contributed by atoms with van der Waals surface area (Å²) in [4.78, 5) is 0. The summed E-state index contributed by atoms with van der Waals surface area (Å²) in [6.45, 7) is 6.18. The molecule has 1 unspecified atom stereocenters. The second-order valence-corrected chi connectivity index (χ2v) is 6.05. The van der Waals surface area contributed by atoms with Gasteiger partial charge in [0.15, 0.2) is 0 Å². The van der Waals surface area contributed by atoms with Crippen LogP contribution in [0.15, 0.2) is 30.3 Å². The average molecular weight is 290 g/mol. The Hall–Kier alpha value is -1.72. The van der Waals surface area contributed by atoms with Crippen molar-refractivity contribution in [3.63, 3.8) is 0 Å². The van der Waals surface area contributed by atoms with Crippen LogP contribution in [0.3, 0.4) is 0 Å². The molecule has 21 heavy (non-hydrogen) atoms. The number of benzene rings is 1. The van der Waals surface area contributed by atoms with Gasteiger partial charge in [-0.05, 0) is 30.7 Å². The van der Waals surface area contributed by atoms with Crippen molar-refractivity contribution < 1.29 is 4.39 Å². The number of nitrogens with one attached hydrogen (secondary N) is 1. The number of aromatic nitrogens is 2.